The minimum Gasteiger partial charge on any atom is -0.481 e. The van der Waals surface area contributed by atoms with E-state index in [1.54, 1.807) is 24.3 Å². The van der Waals surface area contributed by atoms with Crippen LogP contribution in [0.4, 0.5) is 13.2 Å². The van der Waals surface area contributed by atoms with Crippen molar-refractivity contribution in [3.05, 3.63) is 42.5 Å². The Morgan fingerprint density at radius 3 is 2.30 bits per heavy atom. The zero-order chi connectivity index (χ0) is 17.3. The van der Waals surface area contributed by atoms with Crippen LogP contribution in [0.25, 0.3) is 10.8 Å². The van der Waals surface area contributed by atoms with Gasteiger partial charge in [-0.1, -0.05) is 30.3 Å². The molecule has 124 valence electrons. The minimum atomic E-state index is -5.01. The maximum Gasteiger partial charge on any atom is 0.405 e. The lowest BCUT2D eigenvalue weighted by Gasteiger charge is -2.20. The van der Waals surface area contributed by atoms with Crippen LogP contribution >= 0.6 is 0 Å². The first-order valence-electron chi connectivity index (χ1n) is 6.39. The molecule has 2 rings (SSSR count). The molecule has 0 aliphatic carbocycles. The van der Waals surface area contributed by atoms with Crippen LogP contribution in [0.1, 0.15) is 6.42 Å². The number of carboxylic acids is 1. The second-order valence-electron chi connectivity index (χ2n) is 4.82. The summed E-state index contributed by atoms with van der Waals surface area (Å²) in [5, 5.41) is 9.79. The van der Waals surface area contributed by atoms with E-state index in [9.17, 15) is 26.4 Å². The van der Waals surface area contributed by atoms with Crippen LogP contribution in [-0.2, 0) is 14.8 Å². The number of alkyl halides is 3. The fourth-order valence-electron chi connectivity index (χ4n) is 1.99. The van der Waals surface area contributed by atoms with Gasteiger partial charge in [-0.15, -0.1) is 0 Å². The lowest BCUT2D eigenvalue weighted by molar-refractivity contribution is -0.163. The largest absolute Gasteiger partial charge is 0.481 e. The molecule has 0 amide bonds. The number of nitrogens with one attached hydrogen (secondary N) is 1. The van der Waals surface area contributed by atoms with Gasteiger partial charge < -0.3 is 5.11 Å². The van der Waals surface area contributed by atoms with E-state index in [-0.39, 0.29) is 4.90 Å². The first-order valence-corrected chi connectivity index (χ1v) is 7.87. The van der Waals surface area contributed by atoms with Crippen molar-refractivity contribution < 1.29 is 31.5 Å². The Hall–Kier alpha value is -2.13. The van der Waals surface area contributed by atoms with Crippen molar-refractivity contribution >= 4 is 26.8 Å². The van der Waals surface area contributed by atoms with Crippen LogP contribution in [0, 0.1) is 0 Å². The van der Waals surface area contributed by atoms with Gasteiger partial charge in [-0.2, -0.15) is 17.9 Å². The fraction of sp³-hybridized carbons (Fsp3) is 0.214. The smallest absolute Gasteiger partial charge is 0.405 e. The van der Waals surface area contributed by atoms with E-state index < -0.39 is 34.6 Å². The molecule has 0 saturated heterocycles. The molecular formula is C14H12F3NO4S. The number of hydrogen-bond donors (Lipinski definition) is 2. The summed E-state index contributed by atoms with van der Waals surface area (Å²) >= 11 is 0. The molecule has 0 heterocycles. The van der Waals surface area contributed by atoms with Crippen LogP contribution in [-0.4, -0.2) is 31.7 Å². The minimum absolute atomic E-state index is 0.365. The van der Waals surface area contributed by atoms with E-state index in [1.807, 2.05) is 0 Å². The molecule has 9 heteroatoms. The predicted octanol–water partition coefficient (Wildman–Crippen LogP) is 2.52. The Kier molecular flexibility index (Phi) is 4.62. The third-order valence-electron chi connectivity index (χ3n) is 3.10. The number of benzene rings is 2. The predicted molar refractivity (Wildman–Crippen MR) is 76.4 cm³/mol. The molecule has 5 nitrogen and oxygen atoms in total. The molecule has 0 saturated carbocycles. The normalized spacial score (nSPS) is 13.9. The Balaban J connectivity index is 2.36. The molecule has 0 radical (unpaired) electrons. The summed E-state index contributed by atoms with van der Waals surface area (Å²) in [6.07, 6.45) is -6.40. The van der Waals surface area contributed by atoms with Gasteiger partial charge in [0.2, 0.25) is 10.0 Å². The van der Waals surface area contributed by atoms with Crippen molar-refractivity contribution in [3.63, 3.8) is 0 Å². The number of fused-ring (bicyclic) bond motifs is 1. The van der Waals surface area contributed by atoms with Crippen LogP contribution < -0.4 is 4.72 Å². The molecule has 1 atom stereocenters. The van der Waals surface area contributed by atoms with Gasteiger partial charge in [0.05, 0.1) is 11.3 Å². The number of sulfonamides is 1. The Bertz CT molecular complexity index is 833. The summed E-state index contributed by atoms with van der Waals surface area (Å²) in [4.78, 5) is 10.2. The number of hydrogen-bond acceptors (Lipinski definition) is 3. The third-order valence-corrected chi connectivity index (χ3v) is 4.57. The van der Waals surface area contributed by atoms with E-state index in [1.165, 1.54) is 22.9 Å². The average molecular weight is 347 g/mol. The van der Waals surface area contributed by atoms with Gasteiger partial charge >= 0.3 is 12.1 Å². The zero-order valence-corrected chi connectivity index (χ0v) is 12.4. The van der Waals surface area contributed by atoms with E-state index in [4.69, 9.17) is 5.11 Å². The van der Waals surface area contributed by atoms with Gasteiger partial charge in [0.1, 0.15) is 6.04 Å². The van der Waals surface area contributed by atoms with Crippen LogP contribution in [0.5, 0.6) is 0 Å². The summed E-state index contributed by atoms with van der Waals surface area (Å²) < 4.78 is 64.0. The van der Waals surface area contributed by atoms with Gasteiger partial charge in [-0.05, 0) is 22.9 Å². The number of halogens is 3. The first-order chi connectivity index (χ1) is 10.6. The van der Waals surface area contributed by atoms with Gasteiger partial charge in [-0.25, -0.2) is 8.42 Å². The van der Waals surface area contributed by atoms with Crippen LogP contribution in [0.2, 0.25) is 0 Å². The molecule has 0 aliphatic heterocycles. The van der Waals surface area contributed by atoms with Crippen molar-refractivity contribution in [2.75, 3.05) is 0 Å². The van der Waals surface area contributed by atoms with Gasteiger partial charge in [-0.3, -0.25) is 4.79 Å². The summed E-state index contributed by atoms with van der Waals surface area (Å²) in [5.74, 6) is -1.76. The maximum atomic E-state index is 12.8. The molecule has 0 aromatic heterocycles. The summed E-state index contributed by atoms with van der Waals surface area (Å²) in [5.41, 5.74) is 0. The average Bonchev–Trinajstić information content (AvgIpc) is 2.44. The molecule has 2 aromatic rings. The highest BCUT2D eigenvalue weighted by Gasteiger charge is 2.43. The number of aliphatic carboxylic acids is 1. The fourth-order valence-corrected chi connectivity index (χ4v) is 3.25. The Morgan fingerprint density at radius 1 is 1.13 bits per heavy atom. The van der Waals surface area contributed by atoms with Crippen molar-refractivity contribution in [1.82, 2.24) is 4.72 Å². The van der Waals surface area contributed by atoms with Crippen LogP contribution in [0.3, 0.4) is 0 Å². The summed E-state index contributed by atoms with van der Waals surface area (Å²) in [6.45, 7) is 0. The highest BCUT2D eigenvalue weighted by molar-refractivity contribution is 7.89. The quantitative estimate of drug-likeness (QED) is 0.871. The van der Waals surface area contributed by atoms with E-state index in [0.717, 1.165) is 5.39 Å². The van der Waals surface area contributed by atoms with Gasteiger partial charge in [0.15, 0.2) is 0 Å². The molecule has 2 aromatic carbocycles. The zero-order valence-electron chi connectivity index (χ0n) is 11.5. The molecule has 0 fully saturated rings. The SMILES string of the molecule is O=C(O)C[C@@H](NS(=O)(=O)c1ccc2ccccc2c1)C(F)(F)F. The van der Waals surface area contributed by atoms with Crippen molar-refractivity contribution in [3.8, 4) is 0 Å². The van der Waals surface area contributed by atoms with E-state index in [2.05, 4.69) is 0 Å². The van der Waals surface area contributed by atoms with Gasteiger partial charge in [0.25, 0.3) is 0 Å². The number of carboxylic acid groups (broad SMARTS) is 1. The topological polar surface area (TPSA) is 83.5 Å². The third kappa shape index (κ3) is 4.20. The van der Waals surface area contributed by atoms with Crippen molar-refractivity contribution in [1.29, 1.82) is 0 Å². The second-order valence-corrected chi connectivity index (χ2v) is 6.54. The van der Waals surface area contributed by atoms with E-state index >= 15 is 0 Å². The number of rotatable bonds is 5. The number of carbonyl (C=O) groups is 1. The molecule has 0 bridgehead atoms. The first kappa shape index (κ1) is 17.2. The van der Waals surface area contributed by atoms with Gasteiger partial charge in [0, 0.05) is 0 Å². The molecular weight excluding hydrogens is 335 g/mol. The van der Waals surface area contributed by atoms with Crippen LogP contribution in [0.15, 0.2) is 47.4 Å². The Labute approximate surface area is 129 Å². The lowest BCUT2D eigenvalue weighted by atomic mass is 10.1. The Morgan fingerprint density at radius 2 is 1.74 bits per heavy atom. The second kappa shape index (κ2) is 6.17. The molecule has 2 N–H and O–H groups in total. The maximum absolute atomic E-state index is 12.8. The summed E-state index contributed by atoms with van der Waals surface area (Å²) in [6, 6.07) is 7.90. The highest BCUT2D eigenvalue weighted by Crippen LogP contribution is 2.25. The summed E-state index contributed by atoms with van der Waals surface area (Å²) in [7, 11) is -4.51. The van der Waals surface area contributed by atoms with Crippen molar-refractivity contribution in [2.45, 2.75) is 23.5 Å². The standard InChI is InChI=1S/C14H12F3NO4S/c15-14(16,17)12(8-13(19)20)18-23(21,22)11-6-5-9-3-1-2-4-10(9)7-11/h1-7,12,18H,8H2,(H,19,20)/t12-/m1/s1. The molecule has 0 aliphatic rings. The monoisotopic (exact) mass is 347 g/mol. The molecule has 0 unspecified atom stereocenters. The lowest BCUT2D eigenvalue weighted by Crippen LogP contribution is -2.46. The molecule has 23 heavy (non-hydrogen) atoms. The van der Waals surface area contributed by atoms with Crippen molar-refractivity contribution in [2.24, 2.45) is 0 Å². The molecule has 0 spiro atoms. The highest BCUT2D eigenvalue weighted by atomic mass is 32.2. The van der Waals surface area contributed by atoms with E-state index in [0.29, 0.717) is 5.39 Å².